The quantitative estimate of drug-likeness (QED) is 0.228. The van der Waals surface area contributed by atoms with Crippen molar-refractivity contribution in [1.82, 2.24) is 15.1 Å². The Hall–Kier alpha value is -3.78. The van der Waals surface area contributed by atoms with E-state index in [0.717, 1.165) is 0 Å². The second-order valence-electron chi connectivity index (χ2n) is 12.0. The van der Waals surface area contributed by atoms with Gasteiger partial charge in [-0.3, -0.25) is 29.0 Å². The summed E-state index contributed by atoms with van der Waals surface area (Å²) in [5.41, 5.74) is -5.92. The number of nitrogens with zero attached hydrogens (tertiary/aromatic N) is 2. The highest BCUT2D eigenvalue weighted by molar-refractivity contribution is 6.25. The molecule has 0 bridgehead atoms. The Kier molecular flexibility index (Phi) is 7.21. The first-order chi connectivity index (χ1) is 19.6. The summed E-state index contributed by atoms with van der Waals surface area (Å²) in [4.78, 5) is 55.7. The van der Waals surface area contributed by atoms with Crippen LogP contribution in [0.5, 0.6) is 5.75 Å². The van der Waals surface area contributed by atoms with Gasteiger partial charge < -0.3 is 36.0 Å². The van der Waals surface area contributed by atoms with Gasteiger partial charge in [-0.05, 0) is 58.5 Å². The predicted molar refractivity (Wildman–Crippen MR) is 146 cm³/mol. The van der Waals surface area contributed by atoms with E-state index in [1.165, 1.54) is 44.1 Å². The number of carboxylic acid groups (broad SMARTS) is 1. The van der Waals surface area contributed by atoms with E-state index in [2.05, 4.69) is 5.32 Å². The number of ketones is 2. The van der Waals surface area contributed by atoms with Gasteiger partial charge in [0.1, 0.15) is 22.8 Å². The number of aliphatic hydroxyl groups is 4. The van der Waals surface area contributed by atoms with Crippen molar-refractivity contribution in [3.63, 3.8) is 0 Å². The minimum Gasteiger partial charge on any atom is -0.508 e. The van der Waals surface area contributed by atoms with E-state index >= 15 is 0 Å². The number of hydrogen-bond acceptors (Lipinski definition) is 11. The molecule has 1 aromatic rings. The first-order valence-corrected chi connectivity index (χ1v) is 13.8. The van der Waals surface area contributed by atoms with Crippen molar-refractivity contribution in [3.05, 3.63) is 46.2 Å². The lowest BCUT2D eigenvalue weighted by molar-refractivity contribution is -0.159. The molecule has 2 fully saturated rings. The van der Waals surface area contributed by atoms with Crippen LogP contribution in [-0.4, -0.2) is 109 Å². The lowest BCUT2D eigenvalue weighted by Crippen LogP contribution is -2.67. The maximum absolute atomic E-state index is 14.1. The first-order valence-electron chi connectivity index (χ1n) is 13.8. The molecular weight excluding hydrogens is 550 g/mol. The zero-order valence-corrected chi connectivity index (χ0v) is 23.5. The molecule has 3 aliphatic carbocycles. The molecule has 13 heteroatoms. The number of benzene rings is 1. The molecule has 0 spiro atoms. The second-order valence-corrected chi connectivity index (χ2v) is 12.0. The van der Waals surface area contributed by atoms with Gasteiger partial charge in [-0.15, -0.1) is 0 Å². The minimum atomic E-state index is -2.81. The Morgan fingerprint density at radius 2 is 1.83 bits per heavy atom. The van der Waals surface area contributed by atoms with Gasteiger partial charge in [-0.2, -0.15) is 0 Å². The molecule has 0 aromatic heterocycles. The van der Waals surface area contributed by atoms with E-state index < -0.39 is 86.9 Å². The molecule has 1 saturated carbocycles. The van der Waals surface area contributed by atoms with E-state index in [9.17, 15) is 49.8 Å². The van der Waals surface area contributed by atoms with Crippen molar-refractivity contribution in [2.45, 2.75) is 43.4 Å². The van der Waals surface area contributed by atoms with Gasteiger partial charge in [-0.25, -0.2) is 0 Å². The monoisotopic (exact) mass is 585 g/mol. The number of nitrogens with one attached hydrogen (secondary N) is 1. The van der Waals surface area contributed by atoms with Crippen LogP contribution in [0, 0.1) is 17.8 Å². The smallest absolute Gasteiger partial charge is 0.307 e. The van der Waals surface area contributed by atoms with Gasteiger partial charge in [0.25, 0.3) is 5.91 Å². The Balaban J connectivity index is 1.57. The zero-order chi connectivity index (χ0) is 30.9. The molecule has 7 N–H and O–H groups in total. The van der Waals surface area contributed by atoms with Crippen LogP contribution in [0.1, 0.15) is 37.3 Å². The van der Waals surface area contributed by atoms with Gasteiger partial charge in [0, 0.05) is 24.0 Å². The molecular formula is C29H35N3O10. The molecule has 0 radical (unpaired) electrons. The molecule has 1 amide bonds. The van der Waals surface area contributed by atoms with Crippen molar-refractivity contribution in [3.8, 4) is 5.75 Å². The number of carbonyl (C=O) groups is 4. The maximum Gasteiger partial charge on any atom is 0.307 e. The van der Waals surface area contributed by atoms with E-state index in [4.69, 9.17) is 0 Å². The summed E-state index contributed by atoms with van der Waals surface area (Å²) in [7, 11) is 3.03. The Morgan fingerprint density at radius 3 is 2.48 bits per heavy atom. The zero-order valence-electron chi connectivity index (χ0n) is 23.5. The third-order valence-corrected chi connectivity index (χ3v) is 9.32. The molecule has 6 atom stereocenters. The van der Waals surface area contributed by atoms with Crippen LogP contribution in [-0.2, 0) is 24.8 Å². The van der Waals surface area contributed by atoms with Crippen molar-refractivity contribution in [2.75, 3.05) is 33.9 Å². The summed E-state index contributed by atoms with van der Waals surface area (Å²) >= 11 is 0. The summed E-state index contributed by atoms with van der Waals surface area (Å²) < 4.78 is 0. The molecule has 226 valence electrons. The average molecular weight is 586 g/mol. The number of phenolic OH excluding ortho intramolecular Hbond substituents is 1. The van der Waals surface area contributed by atoms with E-state index in [0.29, 0.717) is 19.4 Å². The number of Topliss-reactive ketones (excluding diaryl/α,β-unsaturated/α-hetero) is 2. The number of piperidine rings is 1. The molecule has 4 aliphatic rings. The van der Waals surface area contributed by atoms with Crippen LogP contribution in [0.2, 0.25) is 0 Å². The number of likely N-dealkylation sites (tertiary alicyclic amines) is 1. The fourth-order valence-corrected chi connectivity index (χ4v) is 7.16. The number of rotatable bonds is 5. The molecule has 1 aromatic carbocycles. The SMILES string of the molecule is CN(C)[C@H]1C(=O)C(C(=O)NCN2CCCC(C(=O)O)C2)=C(O)[C@]2(O)C(=O)C3=C(O)c4c(O)cccc4[C@@](C)(O)[C@H]3C[C@H]12. The largest absolute Gasteiger partial charge is 0.508 e. The number of likely N-dealkylation sites (N-methyl/N-ethyl adjacent to an activating group) is 1. The summed E-state index contributed by atoms with van der Waals surface area (Å²) in [5.74, 6) is -9.36. The summed E-state index contributed by atoms with van der Waals surface area (Å²) in [5, 5.41) is 68.5. The molecule has 42 heavy (non-hydrogen) atoms. The van der Waals surface area contributed by atoms with Crippen LogP contribution < -0.4 is 5.32 Å². The van der Waals surface area contributed by atoms with Crippen molar-refractivity contribution < 1.29 is 49.8 Å². The van der Waals surface area contributed by atoms with Gasteiger partial charge >= 0.3 is 5.97 Å². The van der Waals surface area contributed by atoms with Gasteiger partial charge in [0.2, 0.25) is 5.78 Å². The number of carboxylic acids is 1. The van der Waals surface area contributed by atoms with Crippen molar-refractivity contribution >= 4 is 29.2 Å². The summed E-state index contributed by atoms with van der Waals surface area (Å²) in [6, 6.07) is 2.95. The normalized spacial score (nSPS) is 33.3. The number of amides is 1. The number of phenols is 1. The van der Waals surface area contributed by atoms with E-state index in [-0.39, 0.29) is 30.8 Å². The lowest BCUT2D eigenvalue weighted by atomic mass is 9.54. The topological polar surface area (TPSA) is 208 Å². The molecule has 5 rings (SSSR count). The van der Waals surface area contributed by atoms with Crippen LogP contribution in [0.4, 0.5) is 0 Å². The fourth-order valence-electron chi connectivity index (χ4n) is 7.16. The maximum atomic E-state index is 14.1. The van der Waals surface area contributed by atoms with Gasteiger partial charge in [0.05, 0.1) is 29.8 Å². The third kappa shape index (κ3) is 4.22. The number of aromatic hydroxyl groups is 1. The van der Waals surface area contributed by atoms with Crippen LogP contribution in [0.25, 0.3) is 5.76 Å². The fraction of sp³-hybridized carbons (Fsp3) is 0.517. The lowest BCUT2D eigenvalue weighted by Gasteiger charge is -2.53. The average Bonchev–Trinajstić information content (AvgIpc) is 2.92. The first kappa shape index (κ1) is 29.7. The number of aliphatic hydroxyl groups excluding tert-OH is 2. The highest BCUT2D eigenvalue weighted by atomic mass is 16.4. The Labute approximate surface area is 241 Å². The number of aliphatic carboxylic acids is 1. The highest BCUT2D eigenvalue weighted by Crippen LogP contribution is 2.57. The number of carbonyl (C=O) groups excluding carboxylic acids is 3. The Morgan fingerprint density at radius 1 is 1.14 bits per heavy atom. The molecule has 1 saturated heterocycles. The van der Waals surface area contributed by atoms with Crippen LogP contribution in [0.15, 0.2) is 35.1 Å². The highest BCUT2D eigenvalue weighted by Gasteiger charge is 2.66. The standard InChI is InChI=1S/C29H35N3O10/c1-28(41)14-7-4-8-17(33)18(14)22(34)19-15(28)10-16-21(31(2)3)23(35)20(25(37)29(16,42)24(19)36)26(38)30-12-32-9-5-6-13(11-32)27(39)40/h4,7-8,13,15-16,21,33-34,37,41-42H,5-6,9-12H2,1-3H3,(H,30,38)(H,39,40)/t13?,15-,16+,21+,28+,29+/m0/s1. The number of hydrogen-bond donors (Lipinski definition) is 7. The van der Waals surface area contributed by atoms with Crippen molar-refractivity contribution in [2.24, 2.45) is 17.8 Å². The van der Waals surface area contributed by atoms with Crippen LogP contribution >= 0.6 is 0 Å². The minimum absolute atomic E-state index is 0.137. The molecule has 1 aliphatic heterocycles. The summed E-state index contributed by atoms with van der Waals surface area (Å²) in [6.45, 7) is 1.93. The van der Waals surface area contributed by atoms with Gasteiger partial charge in [0.15, 0.2) is 11.4 Å². The predicted octanol–water partition coefficient (Wildman–Crippen LogP) is 0.0140. The van der Waals surface area contributed by atoms with E-state index in [1.807, 2.05) is 0 Å². The number of fused-ring (bicyclic) bond motifs is 3. The van der Waals surface area contributed by atoms with E-state index in [1.54, 1.807) is 4.90 Å². The Bertz CT molecular complexity index is 1450. The molecule has 1 heterocycles. The van der Waals surface area contributed by atoms with Gasteiger partial charge in [-0.1, -0.05) is 12.1 Å². The third-order valence-electron chi connectivity index (χ3n) is 9.32. The molecule has 13 nitrogen and oxygen atoms in total. The molecule has 1 unspecified atom stereocenters. The van der Waals surface area contributed by atoms with Crippen LogP contribution in [0.3, 0.4) is 0 Å². The second kappa shape index (κ2) is 10.2. The van der Waals surface area contributed by atoms with Crippen molar-refractivity contribution in [1.29, 1.82) is 0 Å². The summed E-state index contributed by atoms with van der Waals surface area (Å²) in [6.07, 6.45) is 0.840.